The van der Waals surface area contributed by atoms with Crippen molar-refractivity contribution in [2.45, 2.75) is 13.0 Å². The molecule has 18 heavy (non-hydrogen) atoms. The number of H-pyrrole nitrogens is 1. The predicted octanol–water partition coefficient (Wildman–Crippen LogP) is 3.02. The highest BCUT2D eigenvalue weighted by atomic mass is 32.1. The van der Waals surface area contributed by atoms with Gasteiger partial charge in [0.1, 0.15) is 16.3 Å². The van der Waals surface area contributed by atoms with Gasteiger partial charge in [-0.15, -0.1) is 0 Å². The van der Waals surface area contributed by atoms with Gasteiger partial charge in [-0.3, -0.25) is 0 Å². The highest BCUT2D eigenvalue weighted by Gasteiger charge is 2.01. The van der Waals surface area contributed by atoms with Gasteiger partial charge >= 0.3 is 0 Å². The molecule has 0 atom stereocenters. The number of hydrogen-bond donors (Lipinski definition) is 1. The van der Waals surface area contributed by atoms with Crippen LogP contribution in [0.2, 0.25) is 0 Å². The van der Waals surface area contributed by atoms with Crippen LogP contribution in [-0.2, 0) is 17.8 Å². The lowest BCUT2D eigenvalue weighted by Crippen LogP contribution is -2.02. The van der Waals surface area contributed by atoms with Crippen molar-refractivity contribution in [1.82, 2.24) is 9.97 Å². The van der Waals surface area contributed by atoms with Crippen LogP contribution in [-0.4, -0.2) is 17.1 Å². The van der Waals surface area contributed by atoms with Crippen LogP contribution in [0.4, 0.5) is 4.39 Å². The molecule has 1 heterocycles. The average Bonchev–Trinajstić information content (AvgIpc) is 2.32. The van der Waals surface area contributed by atoms with Crippen molar-refractivity contribution in [2.75, 3.05) is 7.11 Å². The van der Waals surface area contributed by atoms with Crippen molar-refractivity contribution in [3.63, 3.8) is 0 Å². The van der Waals surface area contributed by atoms with E-state index in [9.17, 15) is 4.39 Å². The minimum atomic E-state index is -0.243. The van der Waals surface area contributed by atoms with E-state index in [0.29, 0.717) is 17.7 Å². The number of benzene rings is 1. The Morgan fingerprint density at radius 1 is 1.33 bits per heavy atom. The maximum absolute atomic E-state index is 12.8. The number of rotatable bonds is 4. The summed E-state index contributed by atoms with van der Waals surface area (Å²) >= 11 is 5.09. The monoisotopic (exact) mass is 264 g/mol. The van der Waals surface area contributed by atoms with Gasteiger partial charge < -0.3 is 9.72 Å². The second kappa shape index (κ2) is 5.84. The molecule has 5 heteroatoms. The molecule has 0 bridgehead atoms. The summed E-state index contributed by atoms with van der Waals surface area (Å²) in [5.74, 6) is 0.508. The standard InChI is InChI=1S/C13H13FN2OS/c1-17-8-11-7-13(18)16-12(15-11)6-9-2-4-10(14)5-3-9/h2-5,7H,6,8H2,1H3,(H,15,16,18). The van der Waals surface area contributed by atoms with Gasteiger partial charge in [-0.05, 0) is 23.8 Å². The average molecular weight is 264 g/mol. The lowest BCUT2D eigenvalue weighted by atomic mass is 10.1. The Bertz CT molecular complexity index is 580. The quantitative estimate of drug-likeness (QED) is 0.863. The fourth-order valence-electron chi connectivity index (χ4n) is 1.68. The van der Waals surface area contributed by atoms with Crippen molar-refractivity contribution in [3.05, 3.63) is 57.9 Å². The molecule has 0 aliphatic carbocycles. The molecule has 0 amide bonds. The molecular weight excluding hydrogens is 251 g/mol. The fraction of sp³-hybridized carbons (Fsp3) is 0.231. The molecule has 1 aromatic carbocycles. The summed E-state index contributed by atoms with van der Waals surface area (Å²) in [5.41, 5.74) is 1.86. The Kier molecular flexibility index (Phi) is 4.17. The Morgan fingerprint density at radius 3 is 2.72 bits per heavy atom. The second-order valence-corrected chi connectivity index (χ2v) is 4.35. The third-order valence-electron chi connectivity index (χ3n) is 2.43. The van der Waals surface area contributed by atoms with Crippen LogP contribution in [0.25, 0.3) is 0 Å². The molecule has 0 saturated heterocycles. The molecule has 0 aliphatic rings. The molecule has 2 aromatic rings. The van der Waals surface area contributed by atoms with Crippen molar-refractivity contribution < 1.29 is 9.13 Å². The summed E-state index contributed by atoms with van der Waals surface area (Å²) < 4.78 is 18.4. The van der Waals surface area contributed by atoms with Crippen LogP contribution in [0.3, 0.4) is 0 Å². The van der Waals surface area contributed by atoms with Crippen LogP contribution in [0.5, 0.6) is 0 Å². The van der Waals surface area contributed by atoms with E-state index in [2.05, 4.69) is 9.97 Å². The van der Waals surface area contributed by atoms with Crippen LogP contribution >= 0.6 is 12.2 Å². The number of halogens is 1. The zero-order valence-electron chi connectivity index (χ0n) is 9.94. The van der Waals surface area contributed by atoms with E-state index in [1.54, 1.807) is 25.3 Å². The van der Waals surface area contributed by atoms with Gasteiger partial charge in [0.25, 0.3) is 0 Å². The molecule has 0 unspecified atom stereocenters. The van der Waals surface area contributed by atoms with Crippen LogP contribution in [0, 0.1) is 10.5 Å². The Labute approximate surface area is 110 Å². The largest absolute Gasteiger partial charge is 0.378 e. The van der Waals surface area contributed by atoms with Crippen LogP contribution < -0.4 is 0 Å². The van der Waals surface area contributed by atoms with E-state index >= 15 is 0 Å². The third-order valence-corrected chi connectivity index (χ3v) is 2.64. The number of aromatic nitrogens is 2. The van der Waals surface area contributed by atoms with E-state index in [0.717, 1.165) is 17.1 Å². The van der Waals surface area contributed by atoms with E-state index in [1.807, 2.05) is 0 Å². The summed E-state index contributed by atoms with van der Waals surface area (Å²) in [5, 5.41) is 0. The maximum Gasteiger partial charge on any atom is 0.130 e. The van der Waals surface area contributed by atoms with E-state index in [-0.39, 0.29) is 5.82 Å². The first-order valence-corrected chi connectivity index (χ1v) is 5.90. The van der Waals surface area contributed by atoms with Crippen molar-refractivity contribution >= 4 is 12.2 Å². The molecule has 0 spiro atoms. The molecule has 0 saturated carbocycles. The number of ether oxygens (including phenoxy) is 1. The van der Waals surface area contributed by atoms with E-state index in [4.69, 9.17) is 17.0 Å². The van der Waals surface area contributed by atoms with E-state index < -0.39 is 0 Å². The lowest BCUT2D eigenvalue weighted by Gasteiger charge is -2.05. The van der Waals surface area contributed by atoms with Crippen molar-refractivity contribution in [2.24, 2.45) is 0 Å². The van der Waals surface area contributed by atoms with Gasteiger partial charge in [-0.1, -0.05) is 24.4 Å². The Hall–Kier alpha value is -1.59. The molecule has 3 nitrogen and oxygen atoms in total. The Balaban J connectivity index is 2.23. The SMILES string of the molecule is COCc1cc(=S)nc(Cc2ccc(F)cc2)[nH]1. The zero-order valence-corrected chi connectivity index (χ0v) is 10.8. The first kappa shape index (κ1) is 12.9. The maximum atomic E-state index is 12.8. The molecule has 0 radical (unpaired) electrons. The van der Waals surface area contributed by atoms with Gasteiger partial charge in [-0.25, -0.2) is 9.37 Å². The first-order chi connectivity index (χ1) is 8.67. The fourth-order valence-corrected chi connectivity index (χ4v) is 1.93. The smallest absolute Gasteiger partial charge is 0.130 e. The Morgan fingerprint density at radius 2 is 2.06 bits per heavy atom. The highest BCUT2D eigenvalue weighted by Crippen LogP contribution is 2.08. The number of methoxy groups -OCH3 is 1. The number of hydrogen-bond acceptors (Lipinski definition) is 3. The summed E-state index contributed by atoms with van der Waals surface area (Å²) in [6, 6.07) is 8.10. The highest BCUT2D eigenvalue weighted by molar-refractivity contribution is 7.71. The number of nitrogens with one attached hydrogen (secondary N) is 1. The molecular formula is C13H13FN2OS. The van der Waals surface area contributed by atoms with Crippen LogP contribution in [0.15, 0.2) is 30.3 Å². The third kappa shape index (κ3) is 3.45. The van der Waals surface area contributed by atoms with Gasteiger partial charge in [0.2, 0.25) is 0 Å². The topological polar surface area (TPSA) is 37.9 Å². The molecule has 1 N–H and O–H groups in total. The minimum Gasteiger partial charge on any atom is -0.378 e. The molecule has 2 rings (SSSR count). The van der Waals surface area contributed by atoms with Crippen LogP contribution in [0.1, 0.15) is 17.1 Å². The summed E-state index contributed by atoms with van der Waals surface area (Å²) in [4.78, 5) is 7.40. The normalized spacial score (nSPS) is 10.6. The minimum absolute atomic E-state index is 0.243. The first-order valence-electron chi connectivity index (χ1n) is 5.50. The summed E-state index contributed by atoms with van der Waals surface area (Å²) in [6.45, 7) is 0.461. The van der Waals surface area contributed by atoms with Crippen molar-refractivity contribution in [1.29, 1.82) is 0 Å². The molecule has 94 valence electrons. The summed E-state index contributed by atoms with van der Waals surface area (Å²) in [7, 11) is 1.62. The van der Waals surface area contributed by atoms with Gasteiger partial charge in [-0.2, -0.15) is 0 Å². The zero-order chi connectivity index (χ0) is 13.0. The number of aromatic amines is 1. The molecule has 1 aromatic heterocycles. The molecule has 0 aliphatic heterocycles. The van der Waals surface area contributed by atoms with E-state index in [1.165, 1.54) is 12.1 Å². The van der Waals surface area contributed by atoms with Crippen molar-refractivity contribution in [3.8, 4) is 0 Å². The summed E-state index contributed by atoms with van der Waals surface area (Å²) in [6.07, 6.45) is 0.585. The van der Waals surface area contributed by atoms with Gasteiger partial charge in [0, 0.05) is 19.2 Å². The second-order valence-electron chi connectivity index (χ2n) is 3.93. The predicted molar refractivity (Wildman–Crippen MR) is 69.3 cm³/mol. The molecule has 0 fully saturated rings. The van der Waals surface area contributed by atoms with Gasteiger partial charge in [0.15, 0.2) is 0 Å². The lowest BCUT2D eigenvalue weighted by molar-refractivity contribution is 0.181. The number of nitrogens with zero attached hydrogens (tertiary/aromatic N) is 1. The van der Waals surface area contributed by atoms with Gasteiger partial charge in [0.05, 0.1) is 6.61 Å².